The molecule has 0 aliphatic rings. The minimum atomic E-state index is 0.270. The Bertz CT molecular complexity index is 459. The second-order valence-electron chi connectivity index (χ2n) is 4.55. The van der Waals surface area contributed by atoms with Crippen molar-refractivity contribution in [2.75, 3.05) is 5.32 Å². The van der Waals surface area contributed by atoms with Gasteiger partial charge in [0.2, 0.25) is 0 Å². The highest BCUT2D eigenvalue weighted by Gasteiger charge is 2.07. The van der Waals surface area contributed by atoms with Crippen molar-refractivity contribution in [3.8, 4) is 0 Å². The second-order valence-corrected chi connectivity index (χ2v) is 4.55. The maximum Gasteiger partial charge on any atom is 0.148 e. The van der Waals surface area contributed by atoms with Crippen LogP contribution in [0.1, 0.15) is 38.4 Å². The summed E-state index contributed by atoms with van der Waals surface area (Å²) < 4.78 is 1.96. The molecule has 90 valence electrons. The zero-order valence-electron chi connectivity index (χ0n) is 10.6. The van der Waals surface area contributed by atoms with Crippen LogP contribution in [0.3, 0.4) is 0 Å². The SMILES string of the molecule is CC(Nc1ccn(C(C)C)n1)c1ccccc1. The lowest BCUT2D eigenvalue weighted by Gasteiger charge is -2.13. The van der Waals surface area contributed by atoms with Crippen LogP contribution in [0.25, 0.3) is 0 Å². The highest BCUT2D eigenvalue weighted by molar-refractivity contribution is 5.36. The van der Waals surface area contributed by atoms with Gasteiger partial charge in [-0.3, -0.25) is 4.68 Å². The molecule has 2 aromatic rings. The molecular formula is C14H19N3. The van der Waals surface area contributed by atoms with E-state index in [4.69, 9.17) is 0 Å². The van der Waals surface area contributed by atoms with E-state index in [-0.39, 0.29) is 6.04 Å². The number of benzene rings is 1. The summed E-state index contributed by atoms with van der Waals surface area (Å²) in [7, 11) is 0. The standard InChI is InChI=1S/C14H19N3/c1-11(2)17-10-9-14(16-17)15-12(3)13-7-5-4-6-8-13/h4-12H,1-3H3,(H,15,16). The number of nitrogens with one attached hydrogen (secondary N) is 1. The third-order valence-corrected chi connectivity index (χ3v) is 2.80. The topological polar surface area (TPSA) is 29.9 Å². The summed E-state index contributed by atoms with van der Waals surface area (Å²) in [5.74, 6) is 0.926. The Morgan fingerprint density at radius 3 is 2.35 bits per heavy atom. The number of rotatable bonds is 4. The molecule has 0 spiro atoms. The number of nitrogens with zero attached hydrogens (tertiary/aromatic N) is 2. The van der Waals surface area contributed by atoms with Crippen LogP contribution < -0.4 is 5.32 Å². The predicted octanol–water partition coefficient (Wildman–Crippen LogP) is 3.64. The van der Waals surface area contributed by atoms with E-state index in [2.05, 4.69) is 55.5 Å². The summed E-state index contributed by atoms with van der Waals surface area (Å²) in [5.41, 5.74) is 1.27. The lowest BCUT2D eigenvalue weighted by Crippen LogP contribution is -2.08. The summed E-state index contributed by atoms with van der Waals surface area (Å²) >= 11 is 0. The summed E-state index contributed by atoms with van der Waals surface area (Å²) in [5, 5.41) is 7.88. The van der Waals surface area contributed by atoms with Crippen molar-refractivity contribution in [3.63, 3.8) is 0 Å². The number of anilines is 1. The Labute approximate surface area is 102 Å². The second kappa shape index (κ2) is 5.04. The summed E-state index contributed by atoms with van der Waals surface area (Å²) in [6.45, 7) is 6.39. The zero-order valence-corrected chi connectivity index (χ0v) is 10.6. The van der Waals surface area contributed by atoms with Gasteiger partial charge in [0.15, 0.2) is 0 Å². The minimum Gasteiger partial charge on any atom is -0.362 e. The monoisotopic (exact) mass is 229 g/mol. The highest BCUT2D eigenvalue weighted by atomic mass is 15.3. The van der Waals surface area contributed by atoms with Crippen molar-refractivity contribution in [1.29, 1.82) is 0 Å². The maximum atomic E-state index is 4.48. The average molecular weight is 229 g/mol. The third-order valence-electron chi connectivity index (χ3n) is 2.80. The Balaban J connectivity index is 2.05. The van der Waals surface area contributed by atoms with E-state index in [1.807, 2.05) is 23.0 Å². The first-order valence-corrected chi connectivity index (χ1v) is 6.03. The van der Waals surface area contributed by atoms with Crippen molar-refractivity contribution in [3.05, 3.63) is 48.2 Å². The van der Waals surface area contributed by atoms with E-state index in [1.165, 1.54) is 5.56 Å². The molecule has 0 aliphatic heterocycles. The van der Waals surface area contributed by atoms with Crippen LogP contribution in [0.15, 0.2) is 42.6 Å². The Morgan fingerprint density at radius 2 is 1.76 bits per heavy atom. The summed E-state index contributed by atoms with van der Waals surface area (Å²) in [6.07, 6.45) is 2.00. The van der Waals surface area contributed by atoms with Crippen molar-refractivity contribution in [2.24, 2.45) is 0 Å². The molecule has 3 nitrogen and oxygen atoms in total. The number of hydrogen-bond acceptors (Lipinski definition) is 2. The third kappa shape index (κ3) is 2.87. The van der Waals surface area contributed by atoms with Crippen LogP contribution in [0.4, 0.5) is 5.82 Å². The largest absolute Gasteiger partial charge is 0.362 e. The Morgan fingerprint density at radius 1 is 1.06 bits per heavy atom. The van der Waals surface area contributed by atoms with Crippen LogP contribution in [0, 0.1) is 0 Å². The van der Waals surface area contributed by atoms with Crippen LogP contribution in [0.5, 0.6) is 0 Å². The van der Waals surface area contributed by atoms with E-state index < -0.39 is 0 Å². The molecule has 0 amide bonds. The Kier molecular flexibility index (Phi) is 3.47. The molecule has 3 heteroatoms. The van der Waals surface area contributed by atoms with Crippen molar-refractivity contribution in [2.45, 2.75) is 32.9 Å². The molecule has 0 saturated heterocycles. The van der Waals surface area contributed by atoms with Crippen molar-refractivity contribution in [1.82, 2.24) is 9.78 Å². The number of hydrogen-bond donors (Lipinski definition) is 1. The molecule has 0 bridgehead atoms. The van der Waals surface area contributed by atoms with Crippen LogP contribution in [0.2, 0.25) is 0 Å². The molecule has 1 aromatic carbocycles. The van der Waals surface area contributed by atoms with Gasteiger partial charge in [-0.2, -0.15) is 5.10 Å². The first-order valence-electron chi connectivity index (χ1n) is 6.03. The molecule has 1 aromatic heterocycles. The van der Waals surface area contributed by atoms with Gasteiger partial charge in [0.05, 0.1) is 0 Å². The van der Waals surface area contributed by atoms with Gasteiger partial charge in [-0.15, -0.1) is 0 Å². The van der Waals surface area contributed by atoms with E-state index >= 15 is 0 Å². The van der Waals surface area contributed by atoms with Crippen molar-refractivity contribution >= 4 is 5.82 Å². The van der Waals surface area contributed by atoms with Gasteiger partial charge in [-0.1, -0.05) is 30.3 Å². The Hall–Kier alpha value is -1.77. The fraction of sp³-hybridized carbons (Fsp3) is 0.357. The van der Waals surface area contributed by atoms with Gasteiger partial charge >= 0.3 is 0 Å². The molecule has 1 heterocycles. The molecule has 2 rings (SSSR count). The van der Waals surface area contributed by atoms with E-state index in [1.54, 1.807) is 0 Å². The molecule has 1 atom stereocenters. The van der Waals surface area contributed by atoms with Gasteiger partial charge in [-0.05, 0) is 26.3 Å². The quantitative estimate of drug-likeness (QED) is 0.867. The van der Waals surface area contributed by atoms with Crippen LogP contribution >= 0.6 is 0 Å². The first kappa shape index (κ1) is 11.7. The fourth-order valence-electron chi connectivity index (χ4n) is 1.75. The molecule has 0 radical (unpaired) electrons. The van der Waals surface area contributed by atoms with Crippen molar-refractivity contribution < 1.29 is 0 Å². The lowest BCUT2D eigenvalue weighted by atomic mass is 10.1. The molecule has 1 unspecified atom stereocenters. The molecule has 0 saturated carbocycles. The van der Waals surface area contributed by atoms with E-state index in [9.17, 15) is 0 Å². The van der Waals surface area contributed by atoms with E-state index in [0.717, 1.165) is 5.82 Å². The zero-order chi connectivity index (χ0) is 12.3. The van der Waals surface area contributed by atoms with Gasteiger partial charge in [0.1, 0.15) is 5.82 Å². The summed E-state index contributed by atoms with van der Waals surface area (Å²) in [6, 6.07) is 13.1. The molecule has 0 fully saturated rings. The van der Waals surface area contributed by atoms with Crippen LogP contribution in [-0.4, -0.2) is 9.78 Å². The van der Waals surface area contributed by atoms with Gasteiger partial charge < -0.3 is 5.32 Å². The van der Waals surface area contributed by atoms with E-state index in [0.29, 0.717) is 6.04 Å². The van der Waals surface area contributed by atoms with Crippen LogP contribution in [-0.2, 0) is 0 Å². The lowest BCUT2D eigenvalue weighted by molar-refractivity contribution is 0.533. The first-order chi connectivity index (χ1) is 8.16. The highest BCUT2D eigenvalue weighted by Crippen LogP contribution is 2.18. The molecular weight excluding hydrogens is 210 g/mol. The normalized spacial score (nSPS) is 12.7. The minimum absolute atomic E-state index is 0.270. The van der Waals surface area contributed by atoms with Gasteiger partial charge in [-0.25, -0.2) is 0 Å². The fourth-order valence-corrected chi connectivity index (χ4v) is 1.75. The average Bonchev–Trinajstić information content (AvgIpc) is 2.79. The smallest absolute Gasteiger partial charge is 0.148 e. The predicted molar refractivity (Wildman–Crippen MR) is 71.1 cm³/mol. The summed E-state index contributed by atoms with van der Waals surface area (Å²) in [4.78, 5) is 0. The molecule has 0 aliphatic carbocycles. The van der Waals surface area contributed by atoms with Gasteiger partial charge in [0, 0.05) is 24.3 Å². The maximum absolute atomic E-state index is 4.48. The number of aromatic nitrogens is 2. The molecule has 1 N–H and O–H groups in total. The molecule has 17 heavy (non-hydrogen) atoms. The van der Waals surface area contributed by atoms with Gasteiger partial charge in [0.25, 0.3) is 0 Å².